The summed E-state index contributed by atoms with van der Waals surface area (Å²) in [6.07, 6.45) is 3.24. The predicted molar refractivity (Wildman–Crippen MR) is 49.3 cm³/mol. The van der Waals surface area contributed by atoms with Gasteiger partial charge in [0, 0.05) is 12.5 Å². The lowest BCUT2D eigenvalue weighted by atomic mass is 10.1. The zero-order chi connectivity index (χ0) is 9.56. The van der Waals surface area contributed by atoms with E-state index in [4.69, 9.17) is 5.11 Å². The summed E-state index contributed by atoms with van der Waals surface area (Å²) in [5.74, 6) is -0.696. The lowest BCUT2D eigenvalue weighted by molar-refractivity contribution is -0.137. The summed E-state index contributed by atoms with van der Waals surface area (Å²) in [6.45, 7) is 2.12. The van der Waals surface area contributed by atoms with E-state index in [9.17, 15) is 4.79 Å². The molecule has 0 rings (SSSR count). The van der Waals surface area contributed by atoms with Gasteiger partial charge >= 0.3 is 5.97 Å². The van der Waals surface area contributed by atoms with Gasteiger partial charge in [-0.2, -0.15) is 0 Å². The highest BCUT2D eigenvalue weighted by Gasteiger charge is 2.11. The molecule has 0 heterocycles. The Morgan fingerprint density at radius 2 is 2.00 bits per heavy atom. The molecule has 0 aromatic heterocycles. The number of hydrogen-bond donors (Lipinski definition) is 1. The quantitative estimate of drug-likeness (QED) is 0.663. The van der Waals surface area contributed by atoms with Crippen LogP contribution < -0.4 is 0 Å². The molecule has 0 amide bonds. The van der Waals surface area contributed by atoms with E-state index in [1.165, 1.54) is 0 Å². The van der Waals surface area contributed by atoms with Crippen LogP contribution in [0, 0.1) is 0 Å². The van der Waals surface area contributed by atoms with Crippen LogP contribution in [0.2, 0.25) is 0 Å². The molecule has 12 heavy (non-hydrogen) atoms. The van der Waals surface area contributed by atoms with Crippen molar-refractivity contribution in [3.63, 3.8) is 0 Å². The van der Waals surface area contributed by atoms with Gasteiger partial charge in [-0.1, -0.05) is 13.3 Å². The lowest BCUT2D eigenvalue weighted by Crippen LogP contribution is -2.28. The first-order valence-electron chi connectivity index (χ1n) is 4.46. The molecule has 0 aromatic rings. The van der Waals surface area contributed by atoms with Crippen molar-refractivity contribution in [2.24, 2.45) is 0 Å². The minimum Gasteiger partial charge on any atom is -0.481 e. The fourth-order valence-electron chi connectivity index (χ4n) is 1.28. The van der Waals surface area contributed by atoms with Crippen molar-refractivity contribution >= 4 is 5.97 Å². The summed E-state index contributed by atoms with van der Waals surface area (Å²) in [5, 5.41) is 8.49. The molecule has 0 aliphatic heterocycles. The second-order valence-corrected chi connectivity index (χ2v) is 3.34. The fraction of sp³-hybridized carbons (Fsp3) is 0.889. The summed E-state index contributed by atoms with van der Waals surface area (Å²) >= 11 is 0. The second kappa shape index (κ2) is 6.00. The van der Waals surface area contributed by atoms with Gasteiger partial charge in [0.05, 0.1) is 0 Å². The Morgan fingerprint density at radius 1 is 1.42 bits per heavy atom. The third kappa shape index (κ3) is 5.13. The van der Waals surface area contributed by atoms with Crippen LogP contribution in [0.15, 0.2) is 0 Å². The molecule has 0 aliphatic rings. The first kappa shape index (κ1) is 11.4. The van der Waals surface area contributed by atoms with E-state index >= 15 is 0 Å². The summed E-state index contributed by atoms with van der Waals surface area (Å²) in [7, 11) is 4.00. The normalized spacial score (nSPS) is 13.3. The highest BCUT2D eigenvalue weighted by molar-refractivity contribution is 5.66. The Hall–Kier alpha value is -0.570. The molecule has 0 aromatic carbocycles. The summed E-state index contributed by atoms with van der Waals surface area (Å²) in [6, 6.07) is 0.422. The number of carbonyl (C=O) groups is 1. The molecule has 0 aliphatic carbocycles. The van der Waals surface area contributed by atoms with Gasteiger partial charge in [-0.05, 0) is 26.9 Å². The largest absolute Gasteiger partial charge is 0.481 e. The van der Waals surface area contributed by atoms with Crippen LogP contribution in [0.1, 0.15) is 32.6 Å². The Bertz CT molecular complexity index is 134. The zero-order valence-corrected chi connectivity index (χ0v) is 8.21. The van der Waals surface area contributed by atoms with Crippen LogP contribution in [-0.2, 0) is 4.79 Å². The van der Waals surface area contributed by atoms with Crippen LogP contribution in [0.5, 0.6) is 0 Å². The summed E-state index contributed by atoms with van der Waals surface area (Å²) in [4.78, 5) is 12.4. The molecule has 0 fully saturated rings. The second-order valence-electron chi connectivity index (χ2n) is 3.34. The zero-order valence-electron chi connectivity index (χ0n) is 8.21. The Balaban J connectivity index is 3.70. The minimum absolute atomic E-state index is 0.281. The molecule has 1 atom stereocenters. The van der Waals surface area contributed by atoms with Gasteiger partial charge in [0.15, 0.2) is 0 Å². The minimum atomic E-state index is -0.696. The van der Waals surface area contributed by atoms with Crippen LogP contribution in [0.4, 0.5) is 0 Å². The number of aliphatic carboxylic acids is 1. The van der Waals surface area contributed by atoms with E-state index in [1.807, 2.05) is 14.1 Å². The molecule has 1 unspecified atom stereocenters. The predicted octanol–water partition coefficient (Wildman–Crippen LogP) is 1.58. The molecular weight excluding hydrogens is 154 g/mol. The number of hydrogen-bond acceptors (Lipinski definition) is 2. The van der Waals surface area contributed by atoms with E-state index in [2.05, 4.69) is 11.8 Å². The van der Waals surface area contributed by atoms with Crippen molar-refractivity contribution in [2.75, 3.05) is 14.1 Å². The average Bonchev–Trinajstić information content (AvgIpc) is 1.96. The lowest BCUT2D eigenvalue weighted by Gasteiger charge is -2.22. The monoisotopic (exact) mass is 173 g/mol. The number of nitrogens with zero attached hydrogens (tertiary/aromatic N) is 1. The summed E-state index contributed by atoms with van der Waals surface area (Å²) < 4.78 is 0. The van der Waals surface area contributed by atoms with Crippen LogP contribution >= 0.6 is 0 Å². The number of carboxylic acid groups (broad SMARTS) is 1. The molecule has 0 saturated heterocycles. The Morgan fingerprint density at radius 3 is 2.33 bits per heavy atom. The van der Waals surface area contributed by atoms with Crippen LogP contribution in [0.3, 0.4) is 0 Å². The van der Waals surface area contributed by atoms with E-state index in [0.717, 1.165) is 19.3 Å². The van der Waals surface area contributed by atoms with Gasteiger partial charge in [-0.25, -0.2) is 0 Å². The van der Waals surface area contributed by atoms with E-state index in [-0.39, 0.29) is 6.42 Å². The van der Waals surface area contributed by atoms with Gasteiger partial charge in [-0.15, -0.1) is 0 Å². The van der Waals surface area contributed by atoms with E-state index < -0.39 is 5.97 Å². The first-order chi connectivity index (χ1) is 5.57. The average molecular weight is 173 g/mol. The Labute approximate surface area is 74.4 Å². The highest BCUT2D eigenvalue weighted by Crippen LogP contribution is 2.09. The smallest absolute Gasteiger partial charge is 0.303 e. The molecule has 0 spiro atoms. The number of rotatable bonds is 6. The highest BCUT2D eigenvalue weighted by atomic mass is 16.4. The van der Waals surface area contributed by atoms with E-state index in [0.29, 0.717) is 6.04 Å². The molecule has 0 radical (unpaired) electrons. The SMILES string of the molecule is CCCC(CCC(=O)O)N(C)C. The third-order valence-electron chi connectivity index (χ3n) is 2.04. The van der Waals surface area contributed by atoms with Gasteiger partial charge in [0.1, 0.15) is 0 Å². The van der Waals surface area contributed by atoms with Gasteiger partial charge in [-0.3, -0.25) is 4.79 Å². The molecule has 72 valence electrons. The van der Waals surface area contributed by atoms with Gasteiger partial charge in [0.2, 0.25) is 0 Å². The number of carboxylic acids is 1. The maximum atomic E-state index is 10.3. The topological polar surface area (TPSA) is 40.5 Å². The maximum absolute atomic E-state index is 10.3. The molecule has 0 bridgehead atoms. The van der Waals surface area contributed by atoms with Crippen LogP contribution in [0.25, 0.3) is 0 Å². The third-order valence-corrected chi connectivity index (χ3v) is 2.04. The van der Waals surface area contributed by atoms with Gasteiger partial charge in [0.25, 0.3) is 0 Å². The molecular formula is C9H19NO2. The molecule has 0 saturated carbocycles. The standard InChI is InChI=1S/C9H19NO2/c1-4-5-8(10(2)3)6-7-9(11)12/h8H,4-7H2,1-3H3,(H,11,12). The van der Waals surface area contributed by atoms with Crippen molar-refractivity contribution < 1.29 is 9.90 Å². The van der Waals surface area contributed by atoms with Crippen molar-refractivity contribution in [2.45, 2.75) is 38.6 Å². The Kier molecular flexibility index (Phi) is 5.72. The van der Waals surface area contributed by atoms with E-state index in [1.54, 1.807) is 0 Å². The first-order valence-corrected chi connectivity index (χ1v) is 4.46. The van der Waals surface area contributed by atoms with Crippen molar-refractivity contribution in [3.8, 4) is 0 Å². The van der Waals surface area contributed by atoms with Crippen molar-refractivity contribution in [1.82, 2.24) is 4.90 Å². The summed E-state index contributed by atoms with van der Waals surface area (Å²) in [5.41, 5.74) is 0. The van der Waals surface area contributed by atoms with Gasteiger partial charge < -0.3 is 10.0 Å². The fourth-order valence-corrected chi connectivity index (χ4v) is 1.28. The molecule has 3 nitrogen and oxygen atoms in total. The van der Waals surface area contributed by atoms with Crippen molar-refractivity contribution in [1.29, 1.82) is 0 Å². The molecule has 3 heteroatoms. The molecule has 1 N–H and O–H groups in total. The van der Waals surface area contributed by atoms with Crippen molar-refractivity contribution in [3.05, 3.63) is 0 Å². The maximum Gasteiger partial charge on any atom is 0.303 e. The van der Waals surface area contributed by atoms with Crippen LogP contribution in [-0.4, -0.2) is 36.1 Å².